The number of hydrazone groups is 1. The highest BCUT2D eigenvalue weighted by molar-refractivity contribution is 6.31. The molecule has 0 spiro atoms. The van der Waals surface area contributed by atoms with Crippen molar-refractivity contribution in [2.45, 2.75) is 13.2 Å². The third kappa shape index (κ3) is 6.34. The Morgan fingerprint density at radius 3 is 2.44 bits per heavy atom. The van der Waals surface area contributed by atoms with Crippen LogP contribution in [0.2, 0.25) is 5.02 Å². The van der Waals surface area contributed by atoms with Crippen molar-refractivity contribution in [1.29, 1.82) is 0 Å². The van der Waals surface area contributed by atoms with Crippen molar-refractivity contribution < 1.29 is 14.3 Å². The van der Waals surface area contributed by atoms with Crippen LogP contribution in [0.3, 0.4) is 0 Å². The number of carbonyl (C=O) groups excluding carboxylic acids is 2. The summed E-state index contributed by atoms with van der Waals surface area (Å²) in [6, 6.07) is 31.4. The molecular weight excluding hydrogens is 512 g/mol. The van der Waals surface area contributed by atoms with Crippen LogP contribution in [0, 0.1) is 0 Å². The number of rotatable bonds is 9. The molecule has 5 aromatic rings. The number of benzene rings is 4. The summed E-state index contributed by atoms with van der Waals surface area (Å²) in [6.45, 7) is 0.357. The highest BCUT2D eigenvalue weighted by Crippen LogP contribution is 2.23. The summed E-state index contributed by atoms with van der Waals surface area (Å²) in [7, 11) is 0. The molecule has 2 N–H and O–H groups in total. The van der Waals surface area contributed by atoms with Crippen LogP contribution in [-0.2, 0) is 17.9 Å². The van der Waals surface area contributed by atoms with E-state index in [2.05, 4.69) is 15.8 Å². The number of aromatic nitrogens is 1. The molecule has 0 atom stereocenters. The number of para-hydroxylation sites is 3. The van der Waals surface area contributed by atoms with Gasteiger partial charge in [0.15, 0.2) is 0 Å². The number of hydrogen-bond donors (Lipinski definition) is 2. The van der Waals surface area contributed by atoms with E-state index in [4.69, 9.17) is 16.3 Å². The molecule has 8 heteroatoms. The van der Waals surface area contributed by atoms with E-state index >= 15 is 0 Å². The fourth-order valence-electron chi connectivity index (χ4n) is 4.16. The maximum atomic E-state index is 12.9. The molecule has 0 aliphatic rings. The summed E-state index contributed by atoms with van der Waals surface area (Å²) in [5.41, 5.74) is 6.13. The van der Waals surface area contributed by atoms with Gasteiger partial charge in [-0.25, -0.2) is 5.43 Å². The molecule has 4 aromatic carbocycles. The summed E-state index contributed by atoms with van der Waals surface area (Å²) in [6.07, 6.45) is 3.41. The predicted molar refractivity (Wildman–Crippen MR) is 154 cm³/mol. The second-order valence-corrected chi connectivity index (χ2v) is 9.13. The Hall–Kier alpha value is -4.88. The quantitative estimate of drug-likeness (QED) is 0.172. The Morgan fingerprint density at radius 2 is 1.59 bits per heavy atom. The zero-order valence-corrected chi connectivity index (χ0v) is 21.6. The molecule has 2 amide bonds. The minimum Gasteiger partial charge on any atom is -0.488 e. The van der Waals surface area contributed by atoms with Crippen molar-refractivity contribution in [3.8, 4) is 5.75 Å². The van der Waals surface area contributed by atoms with Gasteiger partial charge in [-0.3, -0.25) is 9.59 Å². The van der Waals surface area contributed by atoms with Gasteiger partial charge in [0.2, 0.25) is 5.91 Å². The molecule has 7 nitrogen and oxygen atoms in total. The van der Waals surface area contributed by atoms with Crippen molar-refractivity contribution in [2.75, 3.05) is 5.32 Å². The average molecular weight is 537 g/mol. The van der Waals surface area contributed by atoms with Gasteiger partial charge in [0.25, 0.3) is 5.91 Å². The Morgan fingerprint density at radius 1 is 0.872 bits per heavy atom. The average Bonchev–Trinajstić information content (AvgIpc) is 3.30. The Labute approximate surface area is 230 Å². The molecule has 0 aliphatic carbocycles. The number of nitrogens with zero attached hydrogens (tertiary/aromatic N) is 2. The molecule has 0 fully saturated rings. The third-order valence-electron chi connectivity index (χ3n) is 6.03. The van der Waals surface area contributed by atoms with Gasteiger partial charge in [-0.1, -0.05) is 78.3 Å². The first kappa shape index (κ1) is 25.8. The molecule has 0 bridgehead atoms. The summed E-state index contributed by atoms with van der Waals surface area (Å²) in [4.78, 5) is 25.6. The maximum absolute atomic E-state index is 12.9. The summed E-state index contributed by atoms with van der Waals surface area (Å²) in [5.74, 6) is -0.134. The zero-order chi connectivity index (χ0) is 27.0. The lowest BCUT2D eigenvalue weighted by molar-refractivity contribution is -0.116. The highest BCUT2D eigenvalue weighted by atomic mass is 35.5. The normalized spacial score (nSPS) is 11.0. The number of halogens is 1. The van der Waals surface area contributed by atoms with Crippen LogP contribution >= 0.6 is 11.6 Å². The highest BCUT2D eigenvalue weighted by Gasteiger charge is 2.13. The Balaban J connectivity index is 1.28. The summed E-state index contributed by atoms with van der Waals surface area (Å²) < 4.78 is 7.75. The second-order valence-electron chi connectivity index (χ2n) is 8.72. The van der Waals surface area contributed by atoms with E-state index in [-0.39, 0.29) is 19.1 Å². The van der Waals surface area contributed by atoms with Gasteiger partial charge >= 0.3 is 0 Å². The van der Waals surface area contributed by atoms with Crippen LogP contribution in [0.25, 0.3) is 10.9 Å². The number of nitrogens with one attached hydrogen (secondary N) is 2. The monoisotopic (exact) mass is 536 g/mol. The standard InChI is InChI=1S/C31H25ClN4O3/c32-27-15-7-4-10-22(27)21-39-29-17-9-6-14-26(29)31(38)35-33-18-23-19-36(28-16-8-5-13-25(23)28)20-30(37)34-24-11-2-1-3-12-24/h1-19H,20-21H2,(H,34,37)(H,35,38)/b33-18+. The smallest absolute Gasteiger partial charge is 0.275 e. The Kier molecular flexibility index (Phi) is 8.00. The van der Waals surface area contributed by atoms with Gasteiger partial charge in [-0.2, -0.15) is 5.10 Å². The van der Waals surface area contributed by atoms with E-state index in [0.717, 1.165) is 27.7 Å². The second kappa shape index (κ2) is 12.1. The first-order valence-corrected chi connectivity index (χ1v) is 12.7. The minimum absolute atomic E-state index is 0.131. The van der Waals surface area contributed by atoms with E-state index in [1.807, 2.05) is 83.6 Å². The number of anilines is 1. The molecule has 0 aliphatic heterocycles. The van der Waals surface area contributed by atoms with Gasteiger partial charge in [0.1, 0.15) is 18.9 Å². The van der Waals surface area contributed by atoms with E-state index in [1.54, 1.807) is 36.5 Å². The first-order chi connectivity index (χ1) is 19.1. The van der Waals surface area contributed by atoms with E-state index in [9.17, 15) is 9.59 Å². The van der Waals surface area contributed by atoms with Crippen molar-refractivity contribution in [3.63, 3.8) is 0 Å². The first-order valence-electron chi connectivity index (χ1n) is 12.3. The van der Waals surface area contributed by atoms with Gasteiger partial charge in [-0.05, 0) is 36.4 Å². The summed E-state index contributed by atoms with van der Waals surface area (Å²) in [5, 5.41) is 8.59. The molecule has 194 valence electrons. The molecule has 5 rings (SSSR count). The molecule has 39 heavy (non-hydrogen) atoms. The molecule has 0 saturated heterocycles. The molecule has 0 unspecified atom stereocenters. The van der Waals surface area contributed by atoms with Gasteiger partial charge in [-0.15, -0.1) is 0 Å². The van der Waals surface area contributed by atoms with E-state index < -0.39 is 5.91 Å². The van der Waals surface area contributed by atoms with Crippen LogP contribution < -0.4 is 15.5 Å². The molecular formula is C31H25ClN4O3. The topological polar surface area (TPSA) is 84.7 Å². The molecule has 1 heterocycles. The maximum Gasteiger partial charge on any atom is 0.275 e. The molecule has 1 aromatic heterocycles. The van der Waals surface area contributed by atoms with Gasteiger partial charge in [0, 0.05) is 38.9 Å². The Bertz CT molecular complexity index is 1650. The van der Waals surface area contributed by atoms with E-state index in [0.29, 0.717) is 16.3 Å². The number of hydrogen-bond acceptors (Lipinski definition) is 4. The van der Waals surface area contributed by atoms with Crippen molar-refractivity contribution >= 4 is 46.2 Å². The summed E-state index contributed by atoms with van der Waals surface area (Å²) >= 11 is 6.22. The predicted octanol–water partition coefficient (Wildman–Crippen LogP) is 6.28. The zero-order valence-electron chi connectivity index (χ0n) is 20.9. The van der Waals surface area contributed by atoms with Crippen molar-refractivity contribution in [2.24, 2.45) is 5.10 Å². The third-order valence-corrected chi connectivity index (χ3v) is 6.40. The van der Waals surface area contributed by atoms with Crippen LogP contribution in [0.15, 0.2) is 114 Å². The SMILES string of the molecule is O=C(Cn1cc(/C=N/NC(=O)c2ccccc2OCc2ccccc2Cl)c2ccccc21)Nc1ccccc1. The van der Waals surface area contributed by atoms with E-state index in [1.165, 1.54) is 0 Å². The minimum atomic E-state index is -0.410. The number of carbonyl (C=O) groups is 2. The van der Waals surface area contributed by atoms with Crippen LogP contribution in [0.1, 0.15) is 21.5 Å². The molecule has 0 radical (unpaired) electrons. The largest absolute Gasteiger partial charge is 0.488 e. The number of amides is 2. The lowest BCUT2D eigenvalue weighted by Crippen LogP contribution is -2.19. The van der Waals surface area contributed by atoms with Crippen LogP contribution in [0.4, 0.5) is 5.69 Å². The van der Waals surface area contributed by atoms with Crippen LogP contribution in [-0.4, -0.2) is 22.6 Å². The van der Waals surface area contributed by atoms with Crippen molar-refractivity contribution in [3.05, 3.63) is 131 Å². The lowest BCUT2D eigenvalue weighted by Gasteiger charge is -2.11. The number of fused-ring (bicyclic) bond motifs is 1. The van der Waals surface area contributed by atoms with Gasteiger partial charge < -0.3 is 14.6 Å². The molecule has 0 saturated carbocycles. The fourth-order valence-corrected chi connectivity index (χ4v) is 4.35. The lowest BCUT2D eigenvalue weighted by atomic mass is 10.2. The number of ether oxygens (including phenoxy) is 1. The van der Waals surface area contributed by atoms with Crippen LogP contribution in [0.5, 0.6) is 5.75 Å². The van der Waals surface area contributed by atoms with Gasteiger partial charge in [0.05, 0.1) is 11.8 Å². The fraction of sp³-hybridized carbons (Fsp3) is 0.0645. The van der Waals surface area contributed by atoms with Crippen molar-refractivity contribution in [1.82, 2.24) is 9.99 Å².